The predicted octanol–water partition coefficient (Wildman–Crippen LogP) is 1.97. The highest BCUT2D eigenvalue weighted by molar-refractivity contribution is 5.95. The maximum absolute atomic E-state index is 15.1. The van der Waals surface area contributed by atoms with Gasteiger partial charge in [-0.1, -0.05) is 13.8 Å². The number of esters is 1. The Labute approximate surface area is 222 Å². The van der Waals surface area contributed by atoms with E-state index < -0.39 is 40.0 Å². The summed E-state index contributed by atoms with van der Waals surface area (Å²) < 4.78 is 21.8. The molecule has 1 saturated carbocycles. The van der Waals surface area contributed by atoms with Crippen LogP contribution in [0.15, 0.2) is 16.9 Å². The Kier molecular flexibility index (Phi) is 4.57. The summed E-state index contributed by atoms with van der Waals surface area (Å²) in [6, 6.07) is 3.01. The molecule has 4 atom stereocenters. The van der Waals surface area contributed by atoms with Gasteiger partial charge in [0, 0.05) is 33.9 Å². The van der Waals surface area contributed by atoms with Crippen LogP contribution in [0.4, 0.5) is 4.39 Å². The lowest BCUT2D eigenvalue weighted by atomic mass is 9.65. The van der Waals surface area contributed by atoms with Crippen LogP contribution in [0.1, 0.15) is 66.5 Å². The van der Waals surface area contributed by atoms with E-state index >= 15 is 4.39 Å². The number of nitrogens with zero attached hydrogens (tertiary/aromatic N) is 2. The van der Waals surface area contributed by atoms with E-state index in [0.29, 0.717) is 35.3 Å². The number of aromatic nitrogens is 2. The molecule has 0 bridgehead atoms. The number of benzene rings is 1. The van der Waals surface area contributed by atoms with Gasteiger partial charge >= 0.3 is 5.97 Å². The Balaban J connectivity index is 1.55. The van der Waals surface area contributed by atoms with E-state index in [4.69, 9.17) is 15.5 Å². The van der Waals surface area contributed by atoms with Crippen LogP contribution in [0.5, 0.6) is 0 Å². The second-order valence-corrected chi connectivity index (χ2v) is 11.7. The molecule has 4 heterocycles. The molecular weight excluding hydrogens is 505 g/mol. The van der Waals surface area contributed by atoms with Crippen molar-refractivity contribution in [2.75, 3.05) is 0 Å². The quantitative estimate of drug-likeness (QED) is 0.342. The molecular formula is C29H28FN3O6. The van der Waals surface area contributed by atoms with E-state index in [9.17, 15) is 24.6 Å². The second kappa shape index (κ2) is 7.31. The topological polar surface area (TPSA) is 145 Å². The molecule has 2 aromatic heterocycles. The van der Waals surface area contributed by atoms with Crippen molar-refractivity contribution < 1.29 is 28.9 Å². The number of primary amides is 1. The first-order chi connectivity index (χ1) is 18.4. The van der Waals surface area contributed by atoms with Gasteiger partial charge in [-0.3, -0.25) is 9.59 Å². The Hall–Kier alpha value is -3.63. The molecule has 3 aromatic rings. The Morgan fingerprint density at radius 2 is 2.00 bits per heavy atom. The molecule has 1 aromatic carbocycles. The van der Waals surface area contributed by atoms with Crippen molar-refractivity contribution >= 4 is 22.8 Å². The van der Waals surface area contributed by atoms with Crippen LogP contribution in [0.2, 0.25) is 0 Å². The average molecular weight is 534 g/mol. The monoisotopic (exact) mass is 533 g/mol. The zero-order chi connectivity index (χ0) is 27.8. The lowest BCUT2D eigenvalue weighted by Crippen LogP contribution is -2.44. The fourth-order valence-corrected chi connectivity index (χ4v) is 7.47. The molecule has 2 aliphatic heterocycles. The SMILES string of the molecule is CC[C@@]1(O)C(=O)OCc2c1cc1n(c2=O)Cc2c-1nc1cc(F)c(C)c3c1c2[C@](C)(C1CC1(O)C(N)=O)CC3. The summed E-state index contributed by atoms with van der Waals surface area (Å²) in [4.78, 5) is 43.3. The Bertz CT molecular complexity index is 1760. The summed E-state index contributed by atoms with van der Waals surface area (Å²) in [5.41, 5.74) is 5.56. The van der Waals surface area contributed by atoms with Gasteiger partial charge in [-0.25, -0.2) is 14.2 Å². The number of hydrogen-bond donors (Lipinski definition) is 3. The van der Waals surface area contributed by atoms with E-state index in [1.807, 2.05) is 6.92 Å². The van der Waals surface area contributed by atoms with Crippen molar-refractivity contribution in [1.82, 2.24) is 9.55 Å². The van der Waals surface area contributed by atoms with Crippen LogP contribution in [0.25, 0.3) is 22.3 Å². The largest absolute Gasteiger partial charge is 0.458 e. The number of cyclic esters (lactones) is 1. The molecule has 4 N–H and O–H groups in total. The minimum Gasteiger partial charge on any atom is -0.458 e. The molecule has 2 unspecified atom stereocenters. The molecule has 202 valence electrons. The minimum atomic E-state index is -1.97. The van der Waals surface area contributed by atoms with Crippen LogP contribution >= 0.6 is 0 Å². The lowest BCUT2D eigenvalue weighted by Gasteiger charge is -2.39. The first-order valence-corrected chi connectivity index (χ1v) is 13.2. The molecule has 0 saturated heterocycles. The second-order valence-electron chi connectivity index (χ2n) is 11.7. The van der Waals surface area contributed by atoms with E-state index in [1.165, 1.54) is 6.07 Å². The van der Waals surface area contributed by atoms with Crippen LogP contribution in [0.3, 0.4) is 0 Å². The van der Waals surface area contributed by atoms with E-state index in [-0.39, 0.29) is 42.9 Å². The molecule has 9 nitrogen and oxygen atoms in total. The van der Waals surface area contributed by atoms with Gasteiger partial charge in [0.15, 0.2) is 5.60 Å². The fraction of sp³-hybridized carbons (Fsp3) is 0.448. The summed E-state index contributed by atoms with van der Waals surface area (Å²) in [6.45, 7) is 5.29. The lowest BCUT2D eigenvalue weighted by molar-refractivity contribution is -0.172. The molecule has 7 rings (SSSR count). The van der Waals surface area contributed by atoms with Crippen molar-refractivity contribution in [2.24, 2.45) is 11.7 Å². The average Bonchev–Trinajstić information content (AvgIpc) is 3.49. The number of aryl methyl sites for hydroxylation is 1. The minimum absolute atomic E-state index is 0.0181. The number of fused-ring (bicyclic) bond motifs is 5. The first-order valence-electron chi connectivity index (χ1n) is 13.2. The molecule has 10 heteroatoms. The summed E-state index contributed by atoms with van der Waals surface area (Å²) in [7, 11) is 0. The van der Waals surface area contributed by atoms with Gasteiger partial charge in [-0.05, 0) is 55.4 Å². The molecule has 4 aliphatic rings. The summed E-state index contributed by atoms with van der Waals surface area (Å²) in [6.07, 6.45) is 1.33. The van der Waals surface area contributed by atoms with Gasteiger partial charge in [-0.15, -0.1) is 0 Å². The van der Waals surface area contributed by atoms with Crippen LogP contribution < -0.4 is 11.3 Å². The number of ether oxygens (including phenoxy) is 1. The standard InChI is InChI=1S/C29H28FN3O6/c1-4-28(37)16-7-19-23-14(10-33(19)24(34)15(16)11-39-26(28)36)22-21-13(12(2)17(30)8-18(21)32-23)5-6-27(22,3)20-9-29(20,38)25(31)35/h7-8,20,37-38H,4-6,9-11H2,1-3H3,(H2,31,35)/t20?,27-,28-,29?/m0/s1. The Morgan fingerprint density at radius 1 is 1.26 bits per heavy atom. The van der Waals surface area contributed by atoms with Gasteiger partial charge in [0.1, 0.15) is 18.0 Å². The van der Waals surface area contributed by atoms with E-state index in [2.05, 4.69) is 0 Å². The van der Waals surface area contributed by atoms with Crippen molar-refractivity contribution in [3.8, 4) is 11.4 Å². The van der Waals surface area contributed by atoms with Gasteiger partial charge in [0.2, 0.25) is 5.91 Å². The maximum atomic E-state index is 15.1. The highest BCUT2D eigenvalue weighted by Gasteiger charge is 2.66. The highest BCUT2D eigenvalue weighted by atomic mass is 19.1. The van der Waals surface area contributed by atoms with Crippen LogP contribution in [-0.4, -0.2) is 37.2 Å². The van der Waals surface area contributed by atoms with E-state index in [0.717, 1.165) is 22.1 Å². The van der Waals surface area contributed by atoms with Crippen molar-refractivity contribution in [1.29, 1.82) is 0 Å². The summed E-state index contributed by atoms with van der Waals surface area (Å²) >= 11 is 0. The normalized spacial score (nSPS) is 30.0. The first kappa shape index (κ1) is 24.4. The van der Waals surface area contributed by atoms with Crippen molar-refractivity contribution in [3.05, 3.63) is 61.7 Å². The van der Waals surface area contributed by atoms with Gasteiger partial charge in [0.05, 0.1) is 29.0 Å². The predicted molar refractivity (Wildman–Crippen MR) is 137 cm³/mol. The molecule has 0 spiro atoms. The number of halogens is 1. The highest BCUT2D eigenvalue weighted by Crippen LogP contribution is 2.61. The van der Waals surface area contributed by atoms with Gasteiger partial charge in [0.25, 0.3) is 5.56 Å². The van der Waals surface area contributed by atoms with Crippen molar-refractivity contribution in [3.63, 3.8) is 0 Å². The number of pyridine rings is 2. The number of amides is 1. The third-order valence-corrected chi connectivity index (χ3v) is 9.90. The molecule has 1 amide bonds. The Morgan fingerprint density at radius 3 is 2.67 bits per heavy atom. The molecule has 2 aliphatic carbocycles. The number of nitrogens with two attached hydrogens (primary N) is 1. The summed E-state index contributed by atoms with van der Waals surface area (Å²) in [5.74, 6) is -2.41. The third kappa shape index (κ3) is 2.80. The summed E-state index contributed by atoms with van der Waals surface area (Å²) in [5, 5.41) is 23.0. The third-order valence-electron chi connectivity index (χ3n) is 9.90. The number of carbonyl (C=O) groups is 2. The zero-order valence-electron chi connectivity index (χ0n) is 21.9. The van der Waals surface area contributed by atoms with Crippen LogP contribution in [-0.2, 0) is 44.9 Å². The number of hydrogen-bond acceptors (Lipinski definition) is 7. The maximum Gasteiger partial charge on any atom is 0.343 e. The van der Waals surface area contributed by atoms with E-state index in [1.54, 1.807) is 24.5 Å². The fourth-order valence-electron chi connectivity index (χ4n) is 7.47. The molecule has 0 radical (unpaired) electrons. The number of rotatable bonds is 3. The van der Waals surface area contributed by atoms with Gasteiger partial charge in [-0.2, -0.15) is 0 Å². The zero-order valence-corrected chi connectivity index (χ0v) is 21.9. The smallest absolute Gasteiger partial charge is 0.343 e. The molecule has 39 heavy (non-hydrogen) atoms. The number of carbonyl (C=O) groups excluding carboxylic acids is 2. The number of aliphatic hydroxyl groups is 2. The van der Waals surface area contributed by atoms with Crippen molar-refractivity contribution in [2.45, 2.75) is 76.2 Å². The van der Waals surface area contributed by atoms with Gasteiger partial charge < -0.3 is 25.3 Å². The van der Waals surface area contributed by atoms with Crippen LogP contribution in [0, 0.1) is 18.7 Å². The molecule has 1 fully saturated rings.